The summed E-state index contributed by atoms with van der Waals surface area (Å²) in [5.41, 5.74) is 1.06. The smallest absolute Gasteiger partial charge is 0.296 e. The molecule has 0 saturated heterocycles. The standard InChI is InChI=1S/C15H15IN4O4S/c16-13-7-2-1-6-12(13)15(22)18-9-14(21)19-10-4-3-5-11(8-10)20-25(17,23)24/h1-8,20H,9H2,(H,18,22)(H,19,21)(H2,17,23,24). The lowest BCUT2D eigenvalue weighted by atomic mass is 10.2. The van der Waals surface area contributed by atoms with Gasteiger partial charge in [-0.25, -0.2) is 5.14 Å². The average molecular weight is 474 g/mol. The molecule has 5 N–H and O–H groups in total. The minimum absolute atomic E-state index is 0.211. The van der Waals surface area contributed by atoms with Crippen molar-refractivity contribution >= 4 is 56.0 Å². The Bertz CT molecular complexity index is 902. The van der Waals surface area contributed by atoms with Crippen LogP contribution in [0.1, 0.15) is 10.4 Å². The van der Waals surface area contributed by atoms with Crippen LogP contribution in [-0.2, 0) is 15.0 Å². The van der Waals surface area contributed by atoms with Gasteiger partial charge in [-0.05, 0) is 52.9 Å². The number of rotatable bonds is 6. The maximum Gasteiger partial charge on any atom is 0.296 e. The Morgan fingerprint density at radius 3 is 2.40 bits per heavy atom. The first-order chi connectivity index (χ1) is 11.7. The third-order valence-electron chi connectivity index (χ3n) is 2.93. The van der Waals surface area contributed by atoms with E-state index in [-0.39, 0.29) is 18.1 Å². The number of halogens is 1. The second-order valence-corrected chi connectivity index (χ2v) is 7.39. The molecule has 0 bridgehead atoms. The van der Waals surface area contributed by atoms with Crippen LogP contribution in [0.15, 0.2) is 48.5 Å². The highest BCUT2D eigenvalue weighted by molar-refractivity contribution is 14.1. The van der Waals surface area contributed by atoms with E-state index in [9.17, 15) is 18.0 Å². The summed E-state index contributed by atoms with van der Waals surface area (Å²) in [7, 11) is -3.90. The highest BCUT2D eigenvalue weighted by Gasteiger charge is 2.11. The molecule has 0 unspecified atom stereocenters. The molecule has 10 heteroatoms. The minimum atomic E-state index is -3.90. The summed E-state index contributed by atoms with van der Waals surface area (Å²) in [6.45, 7) is -0.226. The Hall–Kier alpha value is -2.18. The lowest BCUT2D eigenvalue weighted by Crippen LogP contribution is -2.33. The second kappa shape index (κ2) is 8.27. The maximum absolute atomic E-state index is 12.0. The van der Waals surface area contributed by atoms with Crippen LogP contribution in [0.2, 0.25) is 0 Å². The molecule has 0 aromatic heterocycles. The molecule has 2 aromatic rings. The van der Waals surface area contributed by atoms with Gasteiger partial charge in [0.15, 0.2) is 0 Å². The highest BCUT2D eigenvalue weighted by atomic mass is 127. The summed E-state index contributed by atoms with van der Waals surface area (Å²) in [5.74, 6) is -0.808. The number of hydrogen-bond acceptors (Lipinski definition) is 4. The fourth-order valence-electron chi connectivity index (χ4n) is 1.93. The van der Waals surface area contributed by atoms with E-state index in [0.29, 0.717) is 11.3 Å². The number of nitrogens with two attached hydrogens (primary N) is 1. The third kappa shape index (κ3) is 6.32. The number of nitrogens with one attached hydrogen (secondary N) is 3. The average Bonchev–Trinajstić information content (AvgIpc) is 2.52. The highest BCUT2D eigenvalue weighted by Crippen LogP contribution is 2.15. The predicted molar refractivity (Wildman–Crippen MR) is 103 cm³/mol. The molecule has 2 rings (SSSR count). The zero-order valence-corrected chi connectivity index (χ0v) is 15.8. The summed E-state index contributed by atoms with van der Waals surface area (Å²) < 4.78 is 24.9. The van der Waals surface area contributed by atoms with E-state index in [4.69, 9.17) is 5.14 Å². The molecule has 0 atom stereocenters. The summed E-state index contributed by atoms with van der Waals surface area (Å²) in [6.07, 6.45) is 0. The zero-order chi connectivity index (χ0) is 18.4. The van der Waals surface area contributed by atoms with Crippen molar-refractivity contribution in [1.29, 1.82) is 0 Å². The van der Waals surface area contributed by atoms with Crippen molar-refractivity contribution in [2.75, 3.05) is 16.6 Å². The third-order valence-corrected chi connectivity index (χ3v) is 4.40. The second-order valence-electron chi connectivity index (χ2n) is 4.94. The van der Waals surface area contributed by atoms with Gasteiger partial charge in [-0.15, -0.1) is 0 Å². The van der Waals surface area contributed by atoms with Gasteiger partial charge in [0.05, 0.1) is 17.8 Å². The van der Waals surface area contributed by atoms with Gasteiger partial charge in [-0.1, -0.05) is 18.2 Å². The first kappa shape index (κ1) is 19.1. The van der Waals surface area contributed by atoms with Gasteiger partial charge in [0.2, 0.25) is 5.91 Å². The normalized spacial score (nSPS) is 10.8. The van der Waals surface area contributed by atoms with Crippen molar-refractivity contribution < 1.29 is 18.0 Å². The van der Waals surface area contributed by atoms with Gasteiger partial charge < -0.3 is 10.6 Å². The largest absolute Gasteiger partial charge is 0.343 e. The summed E-state index contributed by atoms with van der Waals surface area (Å²) in [4.78, 5) is 24.0. The Balaban J connectivity index is 1.93. The van der Waals surface area contributed by atoms with E-state index in [2.05, 4.69) is 15.4 Å². The van der Waals surface area contributed by atoms with Crippen molar-refractivity contribution in [2.45, 2.75) is 0 Å². The summed E-state index contributed by atoms with van der Waals surface area (Å²) in [5, 5.41) is 9.98. The van der Waals surface area contributed by atoms with Crippen LogP contribution >= 0.6 is 22.6 Å². The van der Waals surface area contributed by atoms with Crippen molar-refractivity contribution in [3.05, 3.63) is 57.7 Å². The molecule has 8 nitrogen and oxygen atoms in total. The zero-order valence-electron chi connectivity index (χ0n) is 12.8. The molecule has 0 radical (unpaired) electrons. The van der Waals surface area contributed by atoms with E-state index in [1.54, 1.807) is 30.3 Å². The molecule has 0 saturated carbocycles. The Morgan fingerprint density at radius 1 is 1.04 bits per heavy atom. The van der Waals surface area contributed by atoms with E-state index in [0.717, 1.165) is 3.57 Å². The van der Waals surface area contributed by atoms with Crippen LogP contribution in [0.5, 0.6) is 0 Å². The van der Waals surface area contributed by atoms with E-state index in [1.165, 1.54) is 12.1 Å². The predicted octanol–water partition coefficient (Wildman–Crippen LogP) is 1.28. The number of carbonyl (C=O) groups is 2. The molecule has 25 heavy (non-hydrogen) atoms. The lowest BCUT2D eigenvalue weighted by molar-refractivity contribution is -0.115. The Morgan fingerprint density at radius 2 is 1.72 bits per heavy atom. The summed E-state index contributed by atoms with van der Waals surface area (Å²) >= 11 is 2.04. The minimum Gasteiger partial charge on any atom is -0.343 e. The van der Waals surface area contributed by atoms with Crippen LogP contribution in [0.25, 0.3) is 0 Å². The fourth-order valence-corrected chi connectivity index (χ4v) is 3.02. The van der Waals surface area contributed by atoms with Gasteiger partial charge in [0.25, 0.3) is 16.1 Å². The Labute approximate surface area is 158 Å². The molecular formula is C15H15IN4O4S. The first-order valence-corrected chi connectivity index (χ1v) is 9.60. The molecule has 0 aliphatic heterocycles. The van der Waals surface area contributed by atoms with Gasteiger partial charge in [0.1, 0.15) is 0 Å². The van der Waals surface area contributed by atoms with Gasteiger partial charge in [-0.2, -0.15) is 8.42 Å². The van der Waals surface area contributed by atoms with Crippen molar-refractivity contribution in [3.8, 4) is 0 Å². The van der Waals surface area contributed by atoms with E-state index in [1.807, 2.05) is 28.7 Å². The van der Waals surface area contributed by atoms with Crippen LogP contribution in [0.4, 0.5) is 11.4 Å². The van der Waals surface area contributed by atoms with Gasteiger partial charge in [-0.3, -0.25) is 14.3 Å². The van der Waals surface area contributed by atoms with E-state index < -0.39 is 16.1 Å². The summed E-state index contributed by atoms with van der Waals surface area (Å²) in [6, 6.07) is 13.0. The van der Waals surface area contributed by atoms with E-state index >= 15 is 0 Å². The molecule has 132 valence electrons. The lowest BCUT2D eigenvalue weighted by Gasteiger charge is -2.09. The SMILES string of the molecule is NS(=O)(=O)Nc1cccc(NC(=O)CNC(=O)c2ccccc2I)c1. The van der Waals surface area contributed by atoms with Crippen LogP contribution < -0.4 is 20.5 Å². The molecular weight excluding hydrogens is 459 g/mol. The molecule has 0 fully saturated rings. The fraction of sp³-hybridized carbons (Fsp3) is 0.0667. The van der Waals surface area contributed by atoms with Crippen molar-refractivity contribution in [2.24, 2.45) is 5.14 Å². The topological polar surface area (TPSA) is 130 Å². The van der Waals surface area contributed by atoms with Crippen LogP contribution in [0.3, 0.4) is 0 Å². The maximum atomic E-state index is 12.0. The number of benzene rings is 2. The number of amides is 2. The molecule has 0 aliphatic carbocycles. The van der Waals surface area contributed by atoms with Crippen LogP contribution in [-0.4, -0.2) is 26.8 Å². The number of hydrogen-bond donors (Lipinski definition) is 4. The van der Waals surface area contributed by atoms with Crippen LogP contribution in [0, 0.1) is 3.57 Å². The quantitative estimate of drug-likeness (QED) is 0.470. The molecule has 2 aromatic carbocycles. The first-order valence-electron chi connectivity index (χ1n) is 6.98. The molecule has 0 aliphatic rings. The van der Waals surface area contributed by atoms with Crippen molar-refractivity contribution in [1.82, 2.24) is 5.32 Å². The van der Waals surface area contributed by atoms with Crippen molar-refractivity contribution in [3.63, 3.8) is 0 Å². The monoisotopic (exact) mass is 474 g/mol. The van der Waals surface area contributed by atoms with Gasteiger partial charge in [0, 0.05) is 9.26 Å². The molecule has 2 amide bonds. The molecule has 0 spiro atoms. The Kier molecular flexibility index (Phi) is 6.33. The number of carbonyl (C=O) groups excluding carboxylic acids is 2. The number of anilines is 2. The van der Waals surface area contributed by atoms with Gasteiger partial charge >= 0.3 is 0 Å². The molecule has 0 heterocycles.